The molecule has 1 fully saturated rings. The fourth-order valence-corrected chi connectivity index (χ4v) is 3.41. The number of hydrogen-bond acceptors (Lipinski definition) is 4. The van der Waals surface area contributed by atoms with E-state index < -0.39 is 16.1 Å². The zero-order valence-corrected chi connectivity index (χ0v) is 12.8. The SMILES string of the molecule is CCNS(=O)(=O)c1ccc(C(=O)N2CCC[C@H](O)C2)cc1. The van der Waals surface area contributed by atoms with Crippen LogP contribution in [0.15, 0.2) is 29.2 Å². The van der Waals surface area contributed by atoms with Crippen molar-refractivity contribution in [3.8, 4) is 0 Å². The van der Waals surface area contributed by atoms with Crippen LogP contribution in [0.4, 0.5) is 0 Å². The molecule has 116 valence electrons. The van der Waals surface area contributed by atoms with Gasteiger partial charge in [-0.1, -0.05) is 6.92 Å². The van der Waals surface area contributed by atoms with Gasteiger partial charge in [0, 0.05) is 25.2 Å². The van der Waals surface area contributed by atoms with Crippen molar-refractivity contribution >= 4 is 15.9 Å². The highest BCUT2D eigenvalue weighted by Gasteiger charge is 2.23. The molecule has 1 atom stereocenters. The second-order valence-electron chi connectivity index (χ2n) is 5.07. The molecule has 0 bridgehead atoms. The van der Waals surface area contributed by atoms with Crippen molar-refractivity contribution in [3.05, 3.63) is 29.8 Å². The van der Waals surface area contributed by atoms with Crippen LogP contribution < -0.4 is 4.72 Å². The van der Waals surface area contributed by atoms with Crippen molar-refractivity contribution in [2.75, 3.05) is 19.6 Å². The zero-order chi connectivity index (χ0) is 15.5. The summed E-state index contributed by atoms with van der Waals surface area (Å²) in [5.41, 5.74) is 0.430. The average molecular weight is 312 g/mol. The van der Waals surface area contributed by atoms with E-state index in [9.17, 15) is 18.3 Å². The molecule has 1 aliphatic heterocycles. The lowest BCUT2D eigenvalue weighted by molar-refractivity contribution is 0.0473. The Balaban J connectivity index is 2.13. The third-order valence-electron chi connectivity index (χ3n) is 3.43. The molecule has 1 heterocycles. The molecule has 1 saturated heterocycles. The van der Waals surface area contributed by atoms with Crippen LogP contribution in [-0.4, -0.2) is 50.1 Å². The molecule has 7 heteroatoms. The number of carbonyl (C=O) groups is 1. The first-order valence-corrected chi connectivity index (χ1v) is 8.49. The molecule has 2 N–H and O–H groups in total. The number of amides is 1. The first-order valence-electron chi connectivity index (χ1n) is 7.01. The van der Waals surface area contributed by atoms with Crippen LogP contribution in [0.3, 0.4) is 0 Å². The second-order valence-corrected chi connectivity index (χ2v) is 6.84. The summed E-state index contributed by atoms with van der Waals surface area (Å²) in [6.45, 7) is 2.97. The highest BCUT2D eigenvalue weighted by atomic mass is 32.2. The summed E-state index contributed by atoms with van der Waals surface area (Å²) in [6.07, 6.45) is 1.01. The Kier molecular flexibility index (Phi) is 4.97. The van der Waals surface area contributed by atoms with Crippen molar-refractivity contribution in [1.82, 2.24) is 9.62 Å². The van der Waals surface area contributed by atoms with Gasteiger partial charge in [-0.2, -0.15) is 0 Å². The van der Waals surface area contributed by atoms with E-state index in [1.165, 1.54) is 24.3 Å². The van der Waals surface area contributed by atoms with Crippen molar-refractivity contribution < 1.29 is 18.3 Å². The molecule has 6 nitrogen and oxygen atoms in total. The van der Waals surface area contributed by atoms with Crippen LogP contribution in [0, 0.1) is 0 Å². The number of sulfonamides is 1. The molecule has 1 aromatic rings. The molecule has 1 amide bonds. The minimum absolute atomic E-state index is 0.138. The minimum atomic E-state index is -3.50. The Bertz CT molecular complexity index is 598. The lowest BCUT2D eigenvalue weighted by Gasteiger charge is -2.30. The summed E-state index contributed by atoms with van der Waals surface area (Å²) in [4.78, 5) is 14.0. The molecule has 0 saturated carbocycles. The maximum absolute atomic E-state index is 12.3. The number of aliphatic hydroxyl groups is 1. The number of benzene rings is 1. The van der Waals surface area contributed by atoms with Gasteiger partial charge in [-0.25, -0.2) is 13.1 Å². The topological polar surface area (TPSA) is 86.7 Å². The number of β-amino-alcohol motifs (C(OH)–C–C–N with tert-alkyl or cyclic N) is 1. The number of nitrogens with zero attached hydrogens (tertiary/aromatic N) is 1. The minimum Gasteiger partial charge on any atom is -0.391 e. The molecule has 0 aliphatic carbocycles. The number of piperidine rings is 1. The Labute approximate surface area is 124 Å². The molecule has 1 aromatic carbocycles. The molecule has 21 heavy (non-hydrogen) atoms. The lowest BCUT2D eigenvalue weighted by atomic mass is 10.1. The Morgan fingerprint density at radius 3 is 2.62 bits per heavy atom. The van der Waals surface area contributed by atoms with E-state index in [0.29, 0.717) is 31.6 Å². The van der Waals surface area contributed by atoms with Gasteiger partial charge in [0.1, 0.15) is 0 Å². The quantitative estimate of drug-likeness (QED) is 0.851. The first-order chi connectivity index (χ1) is 9.94. The molecule has 0 radical (unpaired) electrons. The number of likely N-dealkylation sites (tertiary alicyclic amines) is 1. The van der Waals surface area contributed by atoms with Crippen LogP contribution in [0.5, 0.6) is 0 Å². The number of hydrogen-bond donors (Lipinski definition) is 2. The van der Waals surface area contributed by atoms with Gasteiger partial charge in [0.2, 0.25) is 10.0 Å². The van der Waals surface area contributed by atoms with Gasteiger partial charge in [0.05, 0.1) is 11.0 Å². The summed E-state index contributed by atoms with van der Waals surface area (Å²) >= 11 is 0. The predicted molar refractivity (Wildman–Crippen MR) is 78.4 cm³/mol. The summed E-state index contributed by atoms with van der Waals surface area (Å²) in [5, 5.41) is 9.60. The first kappa shape index (κ1) is 15.9. The maximum atomic E-state index is 12.3. The summed E-state index contributed by atoms with van der Waals surface area (Å²) < 4.78 is 26.0. The molecule has 0 unspecified atom stereocenters. The van der Waals surface area contributed by atoms with Crippen molar-refractivity contribution in [3.63, 3.8) is 0 Å². The third-order valence-corrected chi connectivity index (χ3v) is 4.99. The summed E-state index contributed by atoms with van der Waals surface area (Å²) in [5.74, 6) is -0.179. The highest BCUT2D eigenvalue weighted by molar-refractivity contribution is 7.89. The third kappa shape index (κ3) is 3.81. The standard InChI is InChI=1S/C14H20N2O4S/c1-2-15-21(19,20)13-7-5-11(6-8-13)14(18)16-9-3-4-12(17)10-16/h5-8,12,15,17H,2-4,9-10H2,1H3/t12-/m0/s1. The van der Waals surface area contributed by atoms with E-state index in [2.05, 4.69) is 4.72 Å². The van der Waals surface area contributed by atoms with Crippen molar-refractivity contribution in [2.24, 2.45) is 0 Å². The fraction of sp³-hybridized carbons (Fsp3) is 0.500. The lowest BCUT2D eigenvalue weighted by Crippen LogP contribution is -2.42. The van der Waals surface area contributed by atoms with Gasteiger partial charge in [0.25, 0.3) is 5.91 Å². The van der Waals surface area contributed by atoms with Gasteiger partial charge in [-0.3, -0.25) is 4.79 Å². The Hall–Kier alpha value is -1.44. The van der Waals surface area contributed by atoms with Crippen LogP contribution >= 0.6 is 0 Å². The van der Waals surface area contributed by atoms with Gasteiger partial charge in [-0.05, 0) is 37.1 Å². The van der Waals surface area contributed by atoms with E-state index in [4.69, 9.17) is 0 Å². The fourth-order valence-electron chi connectivity index (χ4n) is 2.37. The number of aliphatic hydroxyl groups excluding tert-OH is 1. The summed E-state index contributed by atoms with van der Waals surface area (Å²) in [6, 6.07) is 5.86. The molecule has 2 rings (SSSR count). The second kappa shape index (κ2) is 6.55. The predicted octanol–water partition coefficient (Wildman–Crippen LogP) is 0.582. The van der Waals surface area contributed by atoms with Crippen LogP contribution in [0.25, 0.3) is 0 Å². The highest BCUT2D eigenvalue weighted by Crippen LogP contribution is 2.16. The largest absolute Gasteiger partial charge is 0.391 e. The Morgan fingerprint density at radius 2 is 2.05 bits per heavy atom. The zero-order valence-electron chi connectivity index (χ0n) is 11.9. The maximum Gasteiger partial charge on any atom is 0.253 e. The van der Waals surface area contributed by atoms with Gasteiger partial charge >= 0.3 is 0 Å². The average Bonchev–Trinajstić information content (AvgIpc) is 2.46. The Morgan fingerprint density at radius 1 is 1.38 bits per heavy atom. The molecular formula is C14H20N2O4S. The van der Waals surface area contributed by atoms with Crippen molar-refractivity contribution in [2.45, 2.75) is 30.8 Å². The number of nitrogens with one attached hydrogen (secondary N) is 1. The molecule has 0 spiro atoms. The van der Waals surface area contributed by atoms with E-state index >= 15 is 0 Å². The van der Waals surface area contributed by atoms with E-state index in [-0.39, 0.29) is 10.8 Å². The number of carbonyl (C=O) groups excluding carboxylic acids is 1. The van der Waals surface area contributed by atoms with Crippen LogP contribution in [0.2, 0.25) is 0 Å². The van der Waals surface area contributed by atoms with Gasteiger partial charge < -0.3 is 10.0 Å². The van der Waals surface area contributed by atoms with E-state index in [1.54, 1.807) is 11.8 Å². The van der Waals surface area contributed by atoms with E-state index in [1.807, 2.05) is 0 Å². The van der Waals surface area contributed by atoms with Gasteiger partial charge in [0.15, 0.2) is 0 Å². The molecular weight excluding hydrogens is 292 g/mol. The summed E-state index contributed by atoms with van der Waals surface area (Å²) in [7, 11) is -3.50. The van der Waals surface area contributed by atoms with Gasteiger partial charge in [-0.15, -0.1) is 0 Å². The van der Waals surface area contributed by atoms with Crippen molar-refractivity contribution in [1.29, 1.82) is 0 Å². The monoisotopic (exact) mass is 312 g/mol. The molecule has 1 aliphatic rings. The molecule has 0 aromatic heterocycles. The smallest absolute Gasteiger partial charge is 0.253 e. The van der Waals surface area contributed by atoms with Crippen LogP contribution in [-0.2, 0) is 10.0 Å². The van der Waals surface area contributed by atoms with E-state index in [0.717, 1.165) is 6.42 Å². The normalized spacial score (nSPS) is 19.5. The van der Waals surface area contributed by atoms with Crippen LogP contribution in [0.1, 0.15) is 30.1 Å². The number of rotatable bonds is 4.